The molecule has 0 spiro atoms. The van der Waals surface area contributed by atoms with Crippen LogP contribution in [0, 0.1) is 23.7 Å². The summed E-state index contributed by atoms with van der Waals surface area (Å²) in [4.78, 5) is 55.8. The summed E-state index contributed by atoms with van der Waals surface area (Å²) in [5, 5.41) is 6.45. The Labute approximate surface area is 322 Å². The van der Waals surface area contributed by atoms with Gasteiger partial charge in [-0.2, -0.15) is 0 Å². The number of nitrogens with one attached hydrogen (secondary N) is 3. The number of H-pyrrole nitrogens is 1. The van der Waals surface area contributed by atoms with Crippen molar-refractivity contribution in [2.24, 2.45) is 28.7 Å². The largest absolute Gasteiger partial charge is 0.465 e. The second-order valence-electron chi connectivity index (χ2n) is 16.9. The number of methoxy groups -OCH3 is 1. The first-order chi connectivity index (χ1) is 26.3. The minimum atomic E-state index is -0.699. The van der Waals surface area contributed by atoms with Crippen LogP contribution in [0.1, 0.15) is 78.4 Å². The normalized spacial score (nSPS) is 28.4. The summed E-state index contributed by atoms with van der Waals surface area (Å²) in [5.74, 6) is 2.45. The van der Waals surface area contributed by atoms with Gasteiger partial charge in [-0.3, -0.25) is 9.69 Å². The molecule has 2 saturated heterocycles. The van der Waals surface area contributed by atoms with Crippen LogP contribution in [-0.4, -0.2) is 87.6 Å². The Kier molecular flexibility index (Phi) is 9.37. The average molecular weight is 750 g/mol. The highest BCUT2D eigenvalue weighted by Gasteiger charge is 2.45. The van der Waals surface area contributed by atoms with Crippen molar-refractivity contribution in [2.45, 2.75) is 90.6 Å². The van der Waals surface area contributed by atoms with Crippen molar-refractivity contribution in [3.63, 3.8) is 0 Å². The highest BCUT2D eigenvalue weighted by Crippen LogP contribution is 2.46. The Morgan fingerprint density at radius 3 is 2.67 bits per heavy atom. The molecule has 1 aromatic heterocycles. The highest BCUT2D eigenvalue weighted by molar-refractivity contribution is 5.97. The van der Waals surface area contributed by atoms with Gasteiger partial charge in [-0.05, 0) is 86.8 Å². The van der Waals surface area contributed by atoms with Gasteiger partial charge in [0.25, 0.3) is 0 Å². The molecule has 290 valence electrons. The third-order valence-electron chi connectivity index (χ3n) is 11.4. The predicted octanol–water partition coefficient (Wildman–Crippen LogP) is 6.22. The monoisotopic (exact) mass is 749 g/mol. The maximum atomic E-state index is 13.9. The third kappa shape index (κ3) is 6.93. The number of fused-ring (bicyclic) bond motifs is 6. The first-order valence-corrected chi connectivity index (χ1v) is 19.4. The lowest BCUT2D eigenvalue weighted by molar-refractivity contribution is -0.134. The number of hydrogen-bond donors (Lipinski definition) is 3. The molecule has 2 fully saturated rings. The zero-order chi connectivity index (χ0) is 38.8. The quantitative estimate of drug-likeness (QED) is 0.311. The summed E-state index contributed by atoms with van der Waals surface area (Å²) < 4.78 is 16.8. The van der Waals surface area contributed by atoms with Gasteiger partial charge in [-0.15, -0.1) is 0 Å². The van der Waals surface area contributed by atoms with Gasteiger partial charge >= 0.3 is 12.2 Å². The molecule has 3 unspecified atom stereocenters. The zero-order valence-corrected chi connectivity index (χ0v) is 32.6. The smallest absolute Gasteiger partial charge is 0.410 e. The van der Waals surface area contributed by atoms with Gasteiger partial charge in [0.15, 0.2) is 0 Å². The van der Waals surface area contributed by atoms with Crippen LogP contribution in [-0.2, 0) is 19.0 Å². The Balaban J connectivity index is 0.968. The van der Waals surface area contributed by atoms with Crippen molar-refractivity contribution in [1.29, 1.82) is 0 Å². The topological polar surface area (TPSA) is 150 Å². The number of hydrogen-bond acceptors (Lipinski definition) is 9. The van der Waals surface area contributed by atoms with E-state index >= 15 is 0 Å². The van der Waals surface area contributed by atoms with Gasteiger partial charge in [0, 0.05) is 30.5 Å². The van der Waals surface area contributed by atoms with Gasteiger partial charge in [-0.1, -0.05) is 45.1 Å². The van der Waals surface area contributed by atoms with E-state index in [0.29, 0.717) is 13.1 Å². The molecule has 7 atom stereocenters. The summed E-state index contributed by atoms with van der Waals surface area (Å²) in [6.07, 6.45) is 20.4. The van der Waals surface area contributed by atoms with Crippen LogP contribution < -0.4 is 10.6 Å². The van der Waals surface area contributed by atoms with E-state index < -0.39 is 17.7 Å². The fourth-order valence-electron chi connectivity index (χ4n) is 8.73. The number of imidazole rings is 1. The lowest BCUT2D eigenvalue weighted by atomic mass is 9.75. The van der Waals surface area contributed by atoms with Crippen LogP contribution in [0.2, 0.25) is 0 Å². The molecule has 13 heteroatoms. The number of allylic oxidation sites excluding steroid dienone is 9. The fraction of sp³-hybridized carbons (Fsp3) is 0.500. The number of likely N-dealkylation sites (tertiary alicyclic amines) is 2. The highest BCUT2D eigenvalue weighted by atomic mass is 16.6. The number of amides is 3. The van der Waals surface area contributed by atoms with Gasteiger partial charge in [0.2, 0.25) is 5.91 Å². The Morgan fingerprint density at radius 1 is 1.09 bits per heavy atom. The average Bonchev–Trinajstić information content (AvgIpc) is 3.97. The number of carbonyl (C=O) groups excluding carboxylic acids is 3. The van der Waals surface area contributed by atoms with E-state index in [4.69, 9.17) is 24.2 Å². The number of aromatic amines is 1. The van der Waals surface area contributed by atoms with Gasteiger partial charge < -0.3 is 34.7 Å². The van der Waals surface area contributed by atoms with Crippen LogP contribution in [0.5, 0.6) is 0 Å². The molecular weight excluding hydrogens is 699 g/mol. The maximum absolute atomic E-state index is 13.9. The van der Waals surface area contributed by atoms with Crippen molar-refractivity contribution in [3.05, 3.63) is 94.7 Å². The van der Waals surface area contributed by atoms with Crippen molar-refractivity contribution in [1.82, 2.24) is 30.4 Å². The molecule has 55 heavy (non-hydrogen) atoms. The molecule has 3 aliphatic carbocycles. The van der Waals surface area contributed by atoms with E-state index in [-0.39, 0.29) is 53.8 Å². The van der Waals surface area contributed by atoms with E-state index in [2.05, 4.69) is 65.1 Å². The molecule has 7 aliphatic rings. The maximum Gasteiger partial charge on any atom is 0.410 e. The van der Waals surface area contributed by atoms with E-state index in [9.17, 15) is 14.4 Å². The Morgan fingerprint density at radius 2 is 1.91 bits per heavy atom. The van der Waals surface area contributed by atoms with Crippen molar-refractivity contribution in [2.75, 3.05) is 20.2 Å². The summed E-state index contributed by atoms with van der Waals surface area (Å²) in [6.45, 7) is 12.9. The SMILES string of the molecule is COC(=O)N[C@H](C(=O)N1C[C@@H](C)C[C@H]1C1=NC2=CC=C3C=C4C(=CC3C2N1)OC=C1C=C(c2cnc([C@@H]3CCCN3C(=O)OC(C)(C)C)[nH]2)C=CC14)C(C)C. The molecular formula is C42H51N7O6. The van der Waals surface area contributed by atoms with Gasteiger partial charge in [-0.25, -0.2) is 19.6 Å². The number of amidine groups is 1. The summed E-state index contributed by atoms with van der Waals surface area (Å²) in [7, 11) is 1.30. The third-order valence-corrected chi connectivity index (χ3v) is 11.4. The number of ether oxygens (including phenoxy) is 3. The molecule has 4 aliphatic heterocycles. The Bertz CT molecular complexity index is 2040. The first kappa shape index (κ1) is 36.6. The van der Waals surface area contributed by atoms with Crippen LogP contribution in [0.4, 0.5) is 9.59 Å². The molecule has 1 aromatic rings. The molecule has 3 amide bonds. The van der Waals surface area contributed by atoms with Crippen LogP contribution in [0.15, 0.2) is 88.2 Å². The Hall–Kier alpha value is -5.33. The molecule has 5 heterocycles. The van der Waals surface area contributed by atoms with Crippen LogP contribution >= 0.6 is 0 Å². The van der Waals surface area contributed by atoms with Crippen molar-refractivity contribution in [3.8, 4) is 0 Å². The van der Waals surface area contributed by atoms with Crippen LogP contribution in [0.25, 0.3) is 5.57 Å². The minimum Gasteiger partial charge on any atom is -0.465 e. The summed E-state index contributed by atoms with van der Waals surface area (Å²) >= 11 is 0. The van der Waals surface area contributed by atoms with E-state index in [0.717, 1.165) is 64.8 Å². The van der Waals surface area contributed by atoms with E-state index in [1.54, 1.807) is 4.90 Å². The molecule has 0 radical (unpaired) electrons. The number of alkyl carbamates (subject to hydrolysis) is 1. The standard InChI is InChI=1S/C42H51N7O6/c1-22(2)35(47-40(51)53-7)39(50)49-20-23(3)15-33(49)38-44-30-13-11-24-17-29-27-12-10-25(16-26(27)21-54-34(29)18-28(24)36(30)46-38)31-19-43-37(45-31)32-9-8-14-48(32)41(52)55-42(4,5)6/h10-13,16-19,21-23,27-28,32-33,35-36H,8-9,14-15,20H2,1-7H3,(H,43,45)(H,44,46)(H,47,51)/t23-,27?,28?,32-,33-,35-,36?/m0/s1. The molecule has 0 saturated carbocycles. The van der Waals surface area contributed by atoms with Gasteiger partial charge in [0.1, 0.15) is 29.1 Å². The zero-order valence-electron chi connectivity index (χ0n) is 32.6. The second kappa shape index (κ2) is 14.1. The lowest BCUT2D eigenvalue weighted by Gasteiger charge is -2.35. The first-order valence-electron chi connectivity index (χ1n) is 19.4. The molecule has 8 rings (SSSR count). The lowest BCUT2D eigenvalue weighted by Crippen LogP contribution is -2.55. The number of aliphatic imine (C=N–C) groups is 1. The number of rotatable bonds is 6. The number of carbonyl (C=O) groups is 3. The minimum absolute atomic E-state index is 0.000233. The van der Waals surface area contributed by atoms with E-state index in [1.165, 1.54) is 12.7 Å². The molecule has 3 N–H and O–H groups in total. The second-order valence-corrected chi connectivity index (χ2v) is 16.9. The van der Waals surface area contributed by atoms with Gasteiger partial charge in [0.05, 0.1) is 49.1 Å². The van der Waals surface area contributed by atoms with Crippen molar-refractivity contribution < 1.29 is 28.6 Å². The summed E-state index contributed by atoms with van der Waals surface area (Å²) in [5.41, 5.74) is 5.57. The number of aromatic nitrogens is 2. The number of nitrogens with zero attached hydrogens (tertiary/aromatic N) is 4. The van der Waals surface area contributed by atoms with Crippen LogP contribution in [0.3, 0.4) is 0 Å². The molecule has 13 nitrogen and oxygen atoms in total. The summed E-state index contributed by atoms with van der Waals surface area (Å²) in [6, 6.07) is -1.17. The van der Waals surface area contributed by atoms with E-state index in [1.807, 2.05) is 52.0 Å². The molecule has 0 aromatic carbocycles. The molecule has 0 bridgehead atoms. The predicted molar refractivity (Wildman–Crippen MR) is 207 cm³/mol. The van der Waals surface area contributed by atoms with Crippen molar-refractivity contribution >= 4 is 29.5 Å². The fourth-order valence-corrected chi connectivity index (χ4v) is 8.73.